The van der Waals surface area contributed by atoms with Gasteiger partial charge in [-0.3, -0.25) is 4.79 Å². The molecule has 1 aliphatic rings. The van der Waals surface area contributed by atoms with Crippen molar-refractivity contribution in [1.29, 1.82) is 0 Å². The van der Waals surface area contributed by atoms with E-state index in [1.54, 1.807) is 12.1 Å². The highest BCUT2D eigenvalue weighted by atomic mass is 16.5. The molecule has 5 nitrogen and oxygen atoms in total. The number of carbonyl (C=O) groups is 1. The lowest BCUT2D eigenvalue weighted by Crippen LogP contribution is -2.16. The molecule has 0 aliphatic carbocycles. The summed E-state index contributed by atoms with van der Waals surface area (Å²) in [5.74, 6) is 1.43. The fourth-order valence-electron chi connectivity index (χ4n) is 3.40. The highest BCUT2D eigenvalue weighted by Gasteiger charge is 2.16. The van der Waals surface area contributed by atoms with Gasteiger partial charge < -0.3 is 19.5 Å². The summed E-state index contributed by atoms with van der Waals surface area (Å²) in [4.78, 5) is 12.5. The molecule has 162 valence electrons. The molecule has 0 radical (unpaired) electrons. The van der Waals surface area contributed by atoms with E-state index in [2.05, 4.69) is 12.2 Å². The molecule has 0 saturated carbocycles. The fourth-order valence-corrected chi connectivity index (χ4v) is 3.40. The molecule has 2 aromatic rings. The first-order valence-corrected chi connectivity index (χ1v) is 11.1. The quantitative estimate of drug-likeness (QED) is 0.445. The maximum Gasteiger partial charge on any atom is 0.255 e. The first kappa shape index (κ1) is 22.2. The van der Waals surface area contributed by atoms with E-state index >= 15 is 0 Å². The summed E-state index contributed by atoms with van der Waals surface area (Å²) in [5, 5.41) is 2.92. The Morgan fingerprint density at radius 1 is 0.967 bits per heavy atom. The largest absolute Gasteiger partial charge is 0.494 e. The van der Waals surface area contributed by atoms with Crippen LogP contribution in [-0.2, 0) is 4.74 Å². The van der Waals surface area contributed by atoms with Gasteiger partial charge in [0.25, 0.3) is 5.91 Å². The Hall–Kier alpha value is -2.53. The van der Waals surface area contributed by atoms with Gasteiger partial charge in [-0.2, -0.15) is 0 Å². The lowest BCUT2D eigenvalue weighted by Gasteiger charge is -2.12. The van der Waals surface area contributed by atoms with Crippen molar-refractivity contribution in [2.45, 2.75) is 58.0 Å². The van der Waals surface area contributed by atoms with Gasteiger partial charge in [-0.25, -0.2) is 0 Å². The van der Waals surface area contributed by atoms with Crippen LogP contribution in [0.25, 0.3) is 0 Å². The molecular formula is C25H33NO4. The maximum absolute atomic E-state index is 12.5. The number of ether oxygens (including phenoxy) is 3. The molecule has 1 unspecified atom stereocenters. The van der Waals surface area contributed by atoms with Crippen molar-refractivity contribution in [2.75, 3.05) is 25.1 Å². The second kappa shape index (κ2) is 12.2. The number of anilines is 1. The van der Waals surface area contributed by atoms with Crippen LogP contribution in [0.1, 0.15) is 62.2 Å². The van der Waals surface area contributed by atoms with Crippen LogP contribution in [0, 0.1) is 0 Å². The zero-order valence-electron chi connectivity index (χ0n) is 17.9. The molecule has 3 rings (SSSR count). The minimum absolute atomic E-state index is 0.148. The van der Waals surface area contributed by atoms with Gasteiger partial charge in [0.1, 0.15) is 18.1 Å². The van der Waals surface area contributed by atoms with Crippen LogP contribution in [0.4, 0.5) is 5.69 Å². The number of hydrogen-bond acceptors (Lipinski definition) is 4. The van der Waals surface area contributed by atoms with Crippen molar-refractivity contribution in [1.82, 2.24) is 0 Å². The predicted molar refractivity (Wildman–Crippen MR) is 120 cm³/mol. The fraction of sp³-hybridized carbons (Fsp3) is 0.480. The number of benzene rings is 2. The number of nitrogens with one attached hydrogen (secondary N) is 1. The van der Waals surface area contributed by atoms with E-state index in [1.807, 2.05) is 36.4 Å². The third kappa shape index (κ3) is 7.38. The average molecular weight is 412 g/mol. The molecule has 0 bridgehead atoms. The second-order valence-corrected chi connectivity index (χ2v) is 7.71. The number of amides is 1. The molecular weight excluding hydrogens is 378 g/mol. The molecule has 1 atom stereocenters. The monoisotopic (exact) mass is 411 g/mol. The van der Waals surface area contributed by atoms with E-state index in [9.17, 15) is 4.79 Å². The maximum atomic E-state index is 12.5. The predicted octanol–water partition coefficient (Wildman–Crippen LogP) is 5.85. The third-order valence-corrected chi connectivity index (χ3v) is 5.21. The third-order valence-electron chi connectivity index (χ3n) is 5.21. The molecule has 0 spiro atoms. The van der Waals surface area contributed by atoms with Gasteiger partial charge in [0.05, 0.1) is 12.7 Å². The van der Waals surface area contributed by atoms with E-state index in [0.717, 1.165) is 49.7 Å². The number of rotatable bonds is 12. The summed E-state index contributed by atoms with van der Waals surface area (Å²) in [6.45, 7) is 4.32. The van der Waals surface area contributed by atoms with Crippen LogP contribution in [-0.4, -0.2) is 31.8 Å². The van der Waals surface area contributed by atoms with E-state index in [1.165, 1.54) is 25.7 Å². The van der Waals surface area contributed by atoms with Crippen LogP contribution in [0.2, 0.25) is 0 Å². The zero-order valence-corrected chi connectivity index (χ0v) is 17.9. The number of carbonyl (C=O) groups excluding carboxylic acids is 1. The minimum Gasteiger partial charge on any atom is -0.494 e. The lowest BCUT2D eigenvalue weighted by atomic mass is 10.2. The Labute approximate surface area is 179 Å². The van der Waals surface area contributed by atoms with Crippen molar-refractivity contribution in [3.05, 3.63) is 54.1 Å². The molecule has 0 aromatic heterocycles. The zero-order chi connectivity index (χ0) is 21.0. The topological polar surface area (TPSA) is 56.8 Å². The van der Waals surface area contributed by atoms with Gasteiger partial charge in [0.15, 0.2) is 0 Å². The Morgan fingerprint density at radius 2 is 1.67 bits per heavy atom. The molecule has 1 heterocycles. The standard InChI is InChI=1S/C25H33NO4/c1-2-3-4-5-6-17-28-22-15-11-21(12-16-22)26-25(27)20-9-13-23(14-10-20)30-19-24-8-7-18-29-24/h9-16,24H,2-8,17-19H2,1H3,(H,26,27). The van der Waals surface area contributed by atoms with Crippen molar-refractivity contribution in [3.63, 3.8) is 0 Å². The van der Waals surface area contributed by atoms with Gasteiger partial charge in [-0.1, -0.05) is 32.6 Å². The normalized spacial score (nSPS) is 15.7. The van der Waals surface area contributed by atoms with Gasteiger partial charge in [0.2, 0.25) is 0 Å². The molecule has 1 fully saturated rings. The van der Waals surface area contributed by atoms with Crippen LogP contribution in [0.15, 0.2) is 48.5 Å². The highest BCUT2D eigenvalue weighted by molar-refractivity contribution is 6.04. The summed E-state index contributed by atoms with van der Waals surface area (Å²) in [5.41, 5.74) is 1.33. The highest BCUT2D eigenvalue weighted by Crippen LogP contribution is 2.19. The van der Waals surface area contributed by atoms with Gasteiger partial charge in [0, 0.05) is 17.9 Å². The van der Waals surface area contributed by atoms with Crippen molar-refractivity contribution < 1.29 is 19.0 Å². The van der Waals surface area contributed by atoms with E-state index in [-0.39, 0.29) is 12.0 Å². The Balaban J connectivity index is 1.40. The summed E-state index contributed by atoms with van der Waals surface area (Å²) >= 11 is 0. The Morgan fingerprint density at radius 3 is 2.37 bits per heavy atom. The summed E-state index contributed by atoms with van der Waals surface area (Å²) in [6, 6.07) is 14.7. The average Bonchev–Trinajstić information content (AvgIpc) is 3.30. The SMILES string of the molecule is CCCCCCCOc1ccc(NC(=O)c2ccc(OCC3CCCO3)cc2)cc1. The van der Waals surface area contributed by atoms with E-state index < -0.39 is 0 Å². The van der Waals surface area contributed by atoms with Gasteiger partial charge in [-0.15, -0.1) is 0 Å². The molecule has 1 saturated heterocycles. The van der Waals surface area contributed by atoms with Crippen LogP contribution in [0.5, 0.6) is 11.5 Å². The van der Waals surface area contributed by atoms with Crippen LogP contribution in [0.3, 0.4) is 0 Å². The number of unbranched alkanes of at least 4 members (excludes halogenated alkanes) is 4. The molecule has 2 aromatic carbocycles. The van der Waals surface area contributed by atoms with Crippen molar-refractivity contribution >= 4 is 11.6 Å². The van der Waals surface area contributed by atoms with Crippen molar-refractivity contribution in [2.24, 2.45) is 0 Å². The van der Waals surface area contributed by atoms with Crippen LogP contribution < -0.4 is 14.8 Å². The van der Waals surface area contributed by atoms with E-state index in [0.29, 0.717) is 12.2 Å². The van der Waals surface area contributed by atoms with Gasteiger partial charge in [-0.05, 0) is 67.8 Å². The first-order valence-electron chi connectivity index (χ1n) is 11.1. The molecule has 5 heteroatoms. The number of hydrogen-bond donors (Lipinski definition) is 1. The van der Waals surface area contributed by atoms with Crippen LogP contribution >= 0.6 is 0 Å². The Kier molecular flexibility index (Phi) is 9.04. The minimum atomic E-state index is -0.148. The smallest absolute Gasteiger partial charge is 0.255 e. The summed E-state index contributed by atoms with van der Waals surface area (Å²) < 4.78 is 17.1. The Bertz CT molecular complexity index is 752. The van der Waals surface area contributed by atoms with Gasteiger partial charge >= 0.3 is 0 Å². The summed E-state index contributed by atoms with van der Waals surface area (Å²) in [6.07, 6.45) is 8.42. The second-order valence-electron chi connectivity index (χ2n) is 7.71. The molecule has 1 aliphatic heterocycles. The van der Waals surface area contributed by atoms with E-state index in [4.69, 9.17) is 14.2 Å². The molecule has 1 amide bonds. The van der Waals surface area contributed by atoms with Crippen molar-refractivity contribution in [3.8, 4) is 11.5 Å². The summed E-state index contributed by atoms with van der Waals surface area (Å²) in [7, 11) is 0. The first-order chi connectivity index (χ1) is 14.7. The molecule has 1 N–H and O–H groups in total. The molecule has 30 heavy (non-hydrogen) atoms. The lowest BCUT2D eigenvalue weighted by molar-refractivity contribution is 0.0679.